The van der Waals surface area contributed by atoms with E-state index in [4.69, 9.17) is 17.0 Å². The van der Waals surface area contributed by atoms with Gasteiger partial charge in [0.2, 0.25) is 0 Å². The molecule has 1 aliphatic heterocycles. The first-order chi connectivity index (χ1) is 14.6. The van der Waals surface area contributed by atoms with Crippen LogP contribution in [0, 0.1) is 5.82 Å². The Kier molecular flexibility index (Phi) is 5.76. The molecular formula is C22H21FN4O2S. The van der Waals surface area contributed by atoms with Crippen LogP contribution < -0.4 is 5.32 Å². The molecule has 0 amide bonds. The maximum atomic E-state index is 14.6. The Hall–Kier alpha value is -3.26. The average molecular weight is 425 g/mol. The maximum Gasteiger partial charge on any atom is 0.307 e. The van der Waals surface area contributed by atoms with Crippen LogP contribution in [0.4, 0.5) is 4.39 Å². The Morgan fingerprint density at radius 2 is 2.00 bits per heavy atom. The Morgan fingerprint density at radius 1 is 1.20 bits per heavy atom. The molecule has 3 aromatic rings. The molecule has 4 rings (SSSR count). The van der Waals surface area contributed by atoms with E-state index in [0.29, 0.717) is 17.3 Å². The number of nitrogens with one attached hydrogen (secondary N) is 1. The number of benzene rings is 1. The number of carbonyl (C=O) groups excluding carboxylic acids is 1. The quantitative estimate of drug-likeness (QED) is 0.483. The van der Waals surface area contributed by atoms with Crippen molar-refractivity contribution in [2.75, 3.05) is 13.7 Å². The number of para-hydroxylation sites is 1. The number of esters is 1. The Balaban J connectivity index is 1.78. The molecule has 154 valence electrons. The number of methoxy groups -OCH3 is 1. The van der Waals surface area contributed by atoms with Crippen molar-refractivity contribution < 1.29 is 13.9 Å². The number of hydrogen-bond acceptors (Lipinski definition) is 4. The zero-order valence-corrected chi connectivity index (χ0v) is 17.2. The summed E-state index contributed by atoms with van der Waals surface area (Å²) in [4.78, 5) is 18.2. The highest BCUT2D eigenvalue weighted by molar-refractivity contribution is 7.80. The van der Waals surface area contributed by atoms with Crippen LogP contribution in [-0.4, -0.2) is 39.2 Å². The van der Waals surface area contributed by atoms with Crippen LogP contribution in [0.25, 0.3) is 5.69 Å². The number of nitrogens with zero attached hydrogens (tertiary/aromatic N) is 3. The zero-order valence-electron chi connectivity index (χ0n) is 16.4. The van der Waals surface area contributed by atoms with Crippen molar-refractivity contribution in [3.63, 3.8) is 0 Å². The predicted octanol–water partition coefficient (Wildman–Crippen LogP) is 3.55. The lowest BCUT2D eigenvalue weighted by molar-refractivity contribution is -0.140. The number of ether oxygens (including phenoxy) is 1. The number of rotatable bonds is 6. The molecule has 0 unspecified atom stereocenters. The van der Waals surface area contributed by atoms with Gasteiger partial charge in [0, 0.05) is 24.6 Å². The number of hydrogen-bond donors (Lipinski definition) is 1. The number of aromatic nitrogens is 2. The van der Waals surface area contributed by atoms with E-state index in [1.165, 1.54) is 13.2 Å². The van der Waals surface area contributed by atoms with Gasteiger partial charge in [-0.15, -0.1) is 0 Å². The topological polar surface area (TPSA) is 59.4 Å². The van der Waals surface area contributed by atoms with Crippen LogP contribution in [-0.2, 0) is 9.53 Å². The van der Waals surface area contributed by atoms with Crippen LogP contribution >= 0.6 is 12.2 Å². The second-order valence-electron chi connectivity index (χ2n) is 6.90. The monoisotopic (exact) mass is 424 g/mol. The molecule has 1 N–H and O–H groups in total. The molecule has 0 aliphatic carbocycles. The summed E-state index contributed by atoms with van der Waals surface area (Å²) in [5.41, 5.74) is 2.10. The number of pyridine rings is 1. The summed E-state index contributed by atoms with van der Waals surface area (Å²) in [6.07, 6.45) is 3.73. The lowest BCUT2D eigenvalue weighted by Crippen LogP contribution is -2.32. The highest BCUT2D eigenvalue weighted by Crippen LogP contribution is 2.39. The molecule has 2 atom stereocenters. The fraction of sp³-hybridized carbons (Fsp3) is 0.227. The second kappa shape index (κ2) is 8.62. The largest absolute Gasteiger partial charge is 0.469 e. The van der Waals surface area contributed by atoms with Crippen molar-refractivity contribution >= 4 is 23.3 Å². The molecule has 0 saturated carbocycles. The molecule has 1 saturated heterocycles. The van der Waals surface area contributed by atoms with Gasteiger partial charge in [-0.25, -0.2) is 4.39 Å². The van der Waals surface area contributed by atoms with Crippen LogP contribution in [0.15, 0.2) is 67.0 Å². The summed E-state index contributed by atoms with van der Waals surface area (Å²) in [5, 5.41) is 3.84. The van der Waals surface area contributed by atoms with Crippen molar-refractivity contribution in [3.05, 3.63) is 84.2 Å². The normalized spacial score (nSPS) is 18.3. The van der Waals surface area contributed by atoms with Gasteiger partial charge in [0.15, 0.2) is 5.11 Å². The summed E-state index contributed by atoms with van der Waals surface area (Å²) in [6.45, 7) is 0.370. The molecule has 2 aromatic heterocycles. The van der Waals surface area contributed by atoms with E-state index in [9.17, 15) is 9.18 Å². The minimum absolute atomic E-state index is 0.185. The smallest absolute Gasteiger partial charge is 0.307 e. The van der Waals surface area contributed by atoms with Crippen LogP contribution in [0.2, 0.25) is 0 Å². The Morgan fingerprint density at radius 3 is 2.73 bits per heavy atom. The summed E-state index contributed by atoms with van der Waals surface area (Å²) in [6, 6.07) is 15.6. The standard InChI is InChI=1S/C22H21FN4O2S/c1-29-19(28)11-14-27-21(20(25-22(27)30)16-8-4-5-12-24-16)18-10-6-13-26(18)17-9-3-2-7-15(17)23/h2-10,12-13,20-21H,11,14H2,1H3,(H,25,30)/t20-,21-/m1/s1. The molecule has 1 aliphatic rings. The van der Waals surface area contributed by atoms with E-state index in [0.717, 1.165) is 11.4 Å². The van der Waals surface area contributed by atoms with Gasteiger partial charge >= 0.3 is 5.97 Å². The van der Waals surface area contributed by atoms with Crippen molar-refractivity contribution in [1.29, 1.82) is 0 Å². The van der Waals surface area contributed by atoms with Gasteiger partial charge in [-0.3, -0.25) is 9.78 Å². The van der Waals surface area contributed by atoms with Crippen molar-refractivity contribution in [2.45, 2.75) is 18.5 Å². The first-order valence-electron chi connectivity index (χ1n) is 9.57. The van der Waals surface area contributed by atoms with Gasteiger partial charge in [0.1, 0.15) is 5.82 Å². The van der Waals surface area contributed by atoms with Gasteiger partial charge in [0.05, 0.1) is 37.0 Å². The number of carbonyl (C=O) groups is 1. The molecule has 0 bridgehead atoms. The zero-order chi connectivity index (χ0) is 21.1. The van der Waals surface area contributed by atoms with Gasteiger partial charge in [-0.1, -0.05) is 18.2 Å². The maximum absolute atomic E-state index is 14.6. The third kappa shape index (κ3) is 3.78. The first kappa shape index (κ1) is 20.0. The molecule has 8 heteroatoms. The number of halogens is 1. The predicted molar refractivity (Wildman–Crippen MR) is 115 cm³/mol. The minimum atomic E-state index is -0.320. The van der Waals surface area contributed by atoms with Crippen molar-refractivity contribution in [2.24, 2.45) is 0 Å². The summed E-state index contributed by atoms with van der Waals surface area (Å²) >= 11 is 5.59. The lowest BCUT2D eigenvalue weighted by atomic mass is 10.0. The molecule has 3 heterocycles. The molecule has 6 nitrogen and oxygen atoms in total. The van der Waals surface area contributed by atoms with Gasteiger partial charge < -0.3 is 19.5 Å². The van der Waals surface area contributed by atoms with E-state index in [1.807, 2.05) is 46.0 Å². The van der Waals surface area contributed by atoms with Gasteiger partial charge in [-0.2, -0.15) is 0 Å². The summed E-state index contributed by atoms with van der Waals surface area (Å²) in [7, 11) is 1.36. The van der Waals surface area contributed by atoms with Crippen molar-refractivity contribution in [1.82, 2.24) is 19.8 Å². The third-order valence-corrected chi connectivity index (χ3v) is 5.53. The summed E-state index contributed by atoms with van der Waals surface area (Å²) < 4.78 is 21.2. The second-order valence-corrected chi connectivity index (χ2v) is 7.29. The van der Waals surface area contributed by atoms with Crippen LogP contribution in [0.3, 0.4) is 0 Å². The Bertz CT molecular complexity index is 1060. The van der Waals surface area contributed by atoms with E-state index in [2.05, 4.69) is 10.3 Å². The molecule has 1 aromatic carbocycles. The third-order valence-electron chi connectivity index (χ3n) is 5.18. The minimum Gasteiger partial charge on any atom is -0.469 e. The Labute approximate surface area is 179 Å². The molecule has 30 heavy (non-hydrogen) atoms. The molecular weight excluding hydrogens is 403 g/mol. The van der Waals surface area contributed by atoms with Gasteiger partial charge in [-0.05, 0) is 48.6 Å². The molecule has 0 radical (unpaired) electrons. The summed E-state index contributed by atoms with van der Waals surface area (Å²) in [5.74, 6) is -0.638. The van der Waals surface area contributed by atoms with E-state index < -0.39 is 0 Å². The fourth-order valence-corrected chi connectivity index (χ4v) is 4.12. The van der Waals surface area contributed by atoms with E-state index in [-0.39, 0.29) is 30.3 Å². The highest BCUT2D eigenvalue weighted by atomic mass is 32.1. The SMILES string of the molecule is COC(=O)CCN1C(=S)N[C@H](c2ccccn2)[C@H]1c1cccn1-c1ccccc1F. The van der Waals surface area contributed by atoms with E-state index >= 15 is 0 Å². The lowest BCUT2D eigenvalue weighted by Gasteiger charge is -2.28. The molecule has 0 spiro atoms. The van der Waals surface area contributed by atoms with E-state index in [1.54, 1.807) is 24.4 Å². The molecule has 1 fully saturated rings. The highest BCUT2D eigenvalue weighted by Gasteiger charge is 2.41. The van der Waals surface area contributed by atoms with Crippen molar-refractivity contribution in [3.8, 4) is 5.69 Å². The van der Waals surface area contributed by atoms with Gasteiger partial charge in [0.25, 0.3) is 0 Å². The first-order valence-corrected chi connectivity index (χ1v) is 9.98. The van der Waals surface area contributed by atoms with Crippen LogP contribution in [0.5, 0.6) is 0 Å². The fourth-order valence-electron chi connectivity index (χ4n) is 3.78. The van der Waals surface area contributed by atoms with Crippen LogP contribution in [0.1, 0.15) is 29.9 Å². The average Bonchev–Trinajstić information content (AvgIpc) is 3.37. The number of thiocarbonyl (C=S) groups is 1.